The van der Waals surface area contributed by atoms with Crippen molar-refractivity contribution in [3.63, 3.8) is 0 Å². The molecule has 8 nitrogen and oxygen atoms in total. The Bertz CT molecular complexity index is 1140. The van der Waals surface area contributed by atoms with Crippen molar-refractivity contribution in [3.8, 4) is 0 Å². The van der Waals surface area contributed by atoms with Crippen LogP contribution in [0, 0.1) is 5.92 Å². The number of rotatable bonds is 12. The van der Waals surface area contributed by atoms with E-state index in [1.165, 1.54) is 10.5 Å². The second kappa shape index (κ2) is 14.1. The second-order valence-electron chi connectivity index (χ2n) is 10.6. The smallest absolute Gasteiger partial charge is 0.349 e. The number of esters is 1. The minimum absolute atomic E-state index is 0.0961. The Kier molecular flexibility index (Phi) is 11.2. The number of benzene rings is 2. The van der Waals surface area contributed by atoms with Gasteiger partial charge >= 0.3 is 19.6 Å². The third-order valence-corrected chi connectivity index (χ3v) is 8.61. The fraction of sp³-hybridized carbons (Fsp3) is 0.533. The zero-order valence-electron chi connectivity index (χ0n) is 24.1. The van der Waals surface area contributed by atoms with Crippen molar-refractivity contribution in [2.45, 2.75) is 73.1 Å². The normalized spacial score (nSPS) is 15.4. The molecule has 0 aromatic heterocycles. The van der Waals surface area contributed by atoms with Crippen molar-refractivity contribution in [3.05, 3.63) is 70.8 Å². The molecule has 9 heteroatoms. The van der Waals surface area contributed by atoms with E-state index in [4.69, 9.17) is 13.8 Å². The number of amides is 2. The van der Waals surface area contributed by atoms with E-state index >= 15 is 0 Å². The Morgan fingerprint density at radius 2 is 1.67 bits per heavy atom. The first kappa shape index (κ1) is 30.9. The van der Waals surface area contributed by atoms with Crippen LogP contribution in [0.4, 0.5) is 4.79 Å². The van der Waals surface area contributed by atoms with Gasteiger partial charge in [0, 0.05) is 19.5 Å². The molecular formula is C30H43N2O6P. The molecule has 214 valence electrons. The van der Waals surface area contributed by atoms with E-state index in [9.17, 15) is 14.2 Å². The minimum Gasteiger partial charge on any atom is -0.459 e. The van der Waals surface area contributed by atoms with Gasteiger partial charge in [-0.2, -0.15) is 0 Å². The van der Waals surface area contributed by atoms with Crippen LogP contribution in [0.1, 0.15) is 69.7 Å². The van der Waals surface area contributed by atoms with Crippen LogP contribution in [0.2, 0.25) is 0 Å². The van der Waals surface area contributed by atoms with Crippen LogP contribution in [-0.2, 0) is 42.7 Å². The van der Waals surface area contributed by atoms with Gasteiger partial charge in [0.2, 0.25) is 0 Å². The Hall–Kier alpha value is -2.67. The first-order chi connectivity index (χ1) is 18.6. The molecule has 2 aromatic rings. The number of fused-ring (bicyclic) bond motifs is 1. The van der Waals surface area contributed by atoms with E-state index in [0.717, 1.165) is 16.7 Å². The molecule has 39 heavy (non-hydrogen) atoms. The highest BCUT2D eigenvalue weighted by Gasteiger charge is 2.40. The lowest BCUT2D eigenvalue weighted by atomic mass is 9.90. The number of ether oxygens (including phenoxy) is 1. The average molecular weight is 559 g/mol. The molecular weight excluding hydrogens is 515 g/mol. The van der Waals surface area contributed by atoms with Crippen LogP contribution in [-0.4, -0.2) is 53.9 Å². The van der Waals surface area contributed by atoms with Gasteiger partial charge in [0.15, 0.2) is 0 Å². The molecule has 3 rings (SSSR count). The van der Waals surface area contributed by atoms with Crippen LogP contribution >= 0.6 is 7.60 Å². The number of nitrogens with zero attached hydrogens (tertiary/aromatic N) is 2. The van der Waals surface area contributed by atoms with Gasteiger partial charge in [0.1, 0.15) is 18.9 Å². The van der Waals surface area contributed by atoms with Crippen molar-refractivity contribution in [2.24, 2.45) is 5.92 Å². The zero-order valence-corrected chi connectivity index (χ0v) is 25.0. The number of urea groups is 1. The van der Waals surface area contributed by atoms with Gasteiger partial charge in [-0.15, -0.1) is 0 Å². The monoisotopic (exact) mass is 558 g/mol. The van der Waals surface area contributed by atoms with Crippen molar-refractivity contribution in [2.75, 3.05) is 26.0 Å². The topological polar surface area (TPSA) is 85.4 Å². The molecule has 0 saturated carbocycles. The largest absolute Gasteiger partial charge is 0.459 e. The molecule has 1 aliphatic heterocycles. The number of hydrogen-bond donors (Lipinski definition) is 0. The summed E-state index contributed by atoms with van der Waals surface area (Å²) in [5, 5.41) is 0. The predicted molar refractivity (Wildman–Crippen MR) is 152 cm³/mol. The standard InChI is InChI=1S/C30H43N2O6P/c1-7-37-39(35,38-8-2)21-31(18-22(3)4)30(34)32-19-27-16-25(23(5)6)14-15-26(27)17-28(32)29(33)36-20-24-12-10-9-11-13-24/h9-16,22-23,28H,7-8,17-21H2,1-6H3. The summed E-state index contributed by atoms with van der Waals surface area (Å²) < 4.78 is 30.2. The SMILES string of the molecule is CCOP(=O)(CN(CC(C)C)C(=O)N1Cc2cc(C(C)C)ccc2CC1C(=O)OCc1ccccc1)OCC. The van der Waals surface area contributed by atoms with Gasteiger partial charge < -0.3 is 23.6 Å². The lowest BCUT2D eigenvalue weighted by Gasteiger charge is -2.39. The van der Waals surface area contributed by atoms with Crippen LogP contribution in [0.3, 0.4) is 0 Å². The van der Waals surface area contributed by atoms with E-state index in [1.54, 1.807) is 18.7 Å². The maximum Gasteiger partial charge on any atom is 0.349 e. The van der Waals surface area contributed by atoms with Crippen molar-refractivity contribution in [1.29, 1.82) is 0 Å². The first-order valence-electron chi connectivity index (χ1n) is 13.8. The molecule has 1 atom stereocenters. The predicted octanol–water partition coefficient (Wildman–Crippen LogP) is 6.58. The molecule has 0 saturated heterocycles. The molecule has 0 bridgehead atoms. The molecule has 0 N–H and O–H groups in total. The second-order valence-corrected chi connectivity index (χ2v) is 12.6. The summed E-state index contributed by atoms with van der Waals surface area (Å²) in [7, 11) is -3.56. The number of carbonyl (C=O) groups excluding carboxylic acids is 2. The highest BCUT2D eigenvalue weighted by atomic mass is 31.2. The summed E-state index contributed by atoms with van der Waals surface area (Å²) in [6, 6.07) is 14.5. The molecule has 2 amide bonds. The summed E-state index contributed by atoms with van der Waals surface area (Å²) in [6.45, 7) is 12.8. The lowest BCUT2D eigenvalue weighted by molar-refractivity contribution is -0.151. The Morgan fingerprint density at radius 3 is 2.26 bits per heavy atom. The molecule has 0 spiro atoms. The maximum atomic E-state index is 14.1. The van der Waals surface area contributed by atoms with Crippen molar-refractivity contribution in [1.82, 2.24) is 9.80 Å². The highest BCUT2D eigenvalue weighted by Crippen LogP contribution is 2.49. The molecule has 2 aromatic carbocycles. The quantitative estimate of drug-likeness (QED) is 0.216. The zero-order chi connectivity index (χ0) is 28.6. The van der Waals surface area contributed by atoms with Gasteiger partial charge in [0.05, 0.1) is 13.2 Å². The lowest BCUT2D eigenvalue weighted by Crippen LogP contribution is -2.54. The van der Waals surface area contributed by atoms with Crippen LogP contribution in [0.15, 0.2) is 48.5 Å². The Morgan fingerprint density at radius 1 is 1.00 bits per heavy atom. The van der Waals surface area contributed by atoms with E-state index in [-0.39, 0.29) is 44.6 Å². The minimum atomic E-state index is -3.56. The molecule has 0 radical (unpaired) electrons. The number of carbonyl (C=O) groups is 2. The van der Waals surface area contributed by atoms with E-state index in [2.05, 4.69) is 26.0 Å². The van der Waals surface area contributed by atoms with Crippen molar-refractivity contribution < 1.29 is 27.9 Å². The van der Waals surface area contributed by atoms with Gasteiger partial charge in [-0.3, -0.25) is 4.57 Å². The Balaban J connectivity index is 1.94. The molecule has 1 heterocycles. The fourth-order valence-corrected chi connectivity index (χ4v) is 6.42. The molecule has 0 fully saturated rings. The summed E-state index contributed by atoms with van der Waals surface area (Å²) in [6.07, 6.45) is 0.157. The average Bonchev–Trinajstić information content (AvgIpc) is 2.90. The van der Waals surface area contributed by atoms with Crippen LogP contribution in [0.25, 0.3) is 0 Å². The molecule has 1 unspecified atom stereocenters. The van der Waals surface area contributed by atoms with Crippen LogP contribution < -0.4 is 0 Å². The maximum absolute atomic E-state index is 14.1. The first-order valence-corrected chi connectivity index (χ1v) is 15.6. The highest BCUT2D eigenvalue weighted by molar-refractivity contribution is 7.53. The molecule has 1 aliphatic rings. The summed E-state index contributed by atoms with van der Waals surface area (Å²) >= 11 is 0. The summed E-state index contributed by atoms with van der Waals surface area (Å²) in [4.78, 5) is 30.7. The van der Waals surface area contributed by atoms with Gasteiger partial charge in [-0.1, -0.05) is 76.2 Å². The Labute approximate surface area is 233 Å². The number of hydrogen-bond acceptors (Lipinski definition) is 6. The van der Waals surface area contributed by atoms with Crippen LogP contribution in [0.5, 0.6) is 0 Å². The summed E-state index contributed by atoms with van der Waals surface area (Å²) in [5.74, 6) is -0.0412. The van der Waals surface area contributed by atoms with Gasteiger partial charge in [-0.25, -0.2) is 9.59 Å². The third kappa shape index (κ3) is 8.41. The molecule has 0 aliphatic carbocycles. The van der Waals surface area contributed by atoms with E-state index in [1.807, 2.05) is 50.2 Å². The summed E-state index contributed by atoms with van der Waals surface area (Å²) in [5.41, 5.74) is 4.07. The van der Waals surface area contributed by atoms with Gasteiger partial charge in [0.25, 0.3) is 0 Å². The third-order valence-electron chi connectivity index (χ3n) is 6.62. The van der Waals surface area contributed by atoms with E-state index < -0.39 is 19.6 Å². The van der Waals surface area contributed by atoms with Gasteiger partial charge in [-0.05, 0) is 47.9 Å². The van der Waals surface area contributed by atoms with E-state index in [0.29, 0.717) is 18.9 Å². The van der Waals surface area contributed by atoms with Crippen molar-refractivity contribution >= 4 is 19.6 Å². The fourth-order valence-electron chi connectivity index (χ4n) is 4.74.